The summed E-state index contributed by atoms with van der Waals surface area (Å²) in [5.41, 5.74) is 4.48. The SMILES string of the molecule is CCCOc1c(OC)cc(/C=C/c2ccc(CCc3cc(OC)c(OCCC)c(OC)c3)cc2)cc1OC. The molecule has 0 aliphatic carbocycles. The molecule has 6 heteroatoms. The van der Waals surface area contributed by atoms with Gasteiger partial charge in [-0.15, -0.1) is 0 Å². The Morgan fingerprint density at radius 2 is 0.947 bits per heavy atom. The minimum Gasteiger partial charge on any atom is -0.493 e. The van der Waals surface area contributed by atoms with Crippen molar-refractivity contribution in [1.82, 2.24) is 0 Å². The van der Waals surface area contributed by atoms with Crippen LogP contribution in [0.2, 0.25) is 0 Å². The van der Waals surface area contributed by atoms with Gasteiger partial charge in [0, 0.05) is 0 Å². The molecule has 0 unspecified atom stereocenters. The maximum atomic E-state index is 5.86. The molecule has 3 aromatic carbocycles. The van der Waals surface area contributed by atoms with Gasteiger partial charge < -0.3 is 28.4 Å². The Balaban J connectivity index is 1.69. The molecule has 0 amide bonds. The van der Waals surface area contributed by atoms with E-state index in [1.807, 2.05) is 30.3 Å². The average Bonchev–Trinajstić information content (AvgIpc) is 2.96. The first-order valence-electron chi connectivity index (χ1n) is 13.1. The Bertz CT molecular complexity index is 1130. The third-order valence-corrected chi connectivity index (χ3v) is 6.05. The normalized spacial score (nSPS) is 10.9. The highest BCUT2D eigenvalue weighted by molar-refractivity contribution is 5.72. The molecular weight excluding hydrogens is 480 g/mol. The third kappa shape index (κ3) is 7.60. The van der Waals surface area contributed by atoms with Crippen LogP contribution in [0, 0.1) is 0 Å². The van der Waals surface area contributed by atoms with Crippen molar-refractivity contribution in [3.8, 4) is 34.5 Å². The molecule has 0 N–H and O–H groups in total. The summed E-state index contributed by atoms with van der Waals surface area (Å²) < 4.78 is 33.9. The van der Waals surface area contributed by atoms with Crippen LogP contribution >= 0.6 is 0 Å². The summed E-state index contributed by atoms with van der Waals surface area (Å²) in [6.45, 7) is 5.36. The predicted octanol–water partition coefficient (Wildman–Crippen LogP) is 7.25. The Morgan fingerprint density at radius 3 is 1.39 bits per heavy atom. The lowest BCUT2D eigenvalue weighted by Crippen LogP contribution is -2.02. The number of ether oxygens (including phenoxy) is 6. The largest absolute Gasteiger partial charge is 0.493 e. The number of rotatable bonds is 15. The van der Waals surface area contributed by atoms with Gasteiger partial charge in [-0.25, -0.2) is 0 Å². The summed E-state index contributed by atoms with van der Waals surface area (Å²) in [6.07, 6.45) is 7.72. The van der Waals surface area contributed by atoms with Gasteiger partial charge in [0.1, 0.15) is 0 Å². The van der Waals surface area contributed by atoms with Gasteiger partial charge in [0.15, 0.2) is 23.0 Å². The first kappa shape index (κ1) is 28.8. The lowest BCUT2D eigenvalue weighted by Gasteiger charge is -2.16. The first-order valence-corrected chi connectivity index (χ1v) is 13.1. The van der Waals surface area contributed by atoms with Gasteiger partial charge in [0.25, 0.3) is 0 Å². The van der Waals surface area contributed by atoms with Crippen LogP contribution in [0.4, 0.5) is 0 Å². The van der Waals surface area contributed by atoms with Crippen molar-refractivity contribution in [3.63, 3.8) is 0 Å². The van der Waals surface area contributed by atoms with Crippen LogP contribution in [0.3, 0.4) is 0 Å². The number of benzene rings is 3. The third-order valence-electron chi connectivity index (χ3n) is 6.05. The van der Waals surface area contributed by atoms with Crippen molar-refractivity contribution in [1.29, 1.82) is 0 Å². The van der Waals surface area contributed by atoms with Crippen LogP contribution in [0.5, 0.6) is 34.5 Å². The highest BCUT2D eigenvalue weighted by atomic mass is 16.5. The molecule has 0 radical (unpaired) electrons. The van der Waals surface area contributed by atoms with Crippen LogP contribution in [0.25, 0.3) is 12.2 Å². The topological polar surface area (TPSA) is 55.4 Å². The summed E-state index contributed by atoms with van der Waals surface area (Å²) in [6, 6.07) is 16.6. The van der Waals surface area contributed by atoms with E-state index in [1.54, 1.807) is 28.4 Å². The van der Waals surface area contributed by atoms with Crippen LogP contribution < -0.4 is 28.4 Å². The number of aryl methyl sites for hydroxylation is 2. The minimum atomic E-state index is 0.605. The molecule has 0 atom stereocenters. The van der Waals surface area contributed by atoms with Crippen LogP contribution in [-0.2, 0) is 12.8 Å². The molecule has 6 nitrogen and oxygen atoms in total. The molecule has 0 aromatic heterocycles. The van der Waals surface area contributed by atoms with Crippen LogP contribution in [0.1, 0.15) is 48.9 Å². The van der Waals surface area contributed by atoms with Crippen molar-refractivity contribution < 1.29 is 28.4 Å². The van der Waals surface area contributed by atoms with Gasteiger partial charge in [-0.1, -0.05) is 50.3 Å². The monoisotopic (exact) mass is 520 g/mol. The fraction of sp³-hybridized carbons (Fsp3) is 0.375. The summed E-state index contributed by atoms with van der Waals surface area (Å²) in [7, 11) is 6.59. The minimum absolute atomic E-state index is 0.605. The van der Waals surface area contributed by atoms with Gasteiger partial charge >= 0.3 is 0 Å². The fourth-order valence-electron chi connectivity index (χ4n) is 4.04. The van der Waals surface area contributed by atoms with Crippen LogP contribution in [0.15, 0.2) is 48.5 Å². The van der Waals surface area contributed by atoms with Gasteiger partial charge in [-0.05, 0) is 72.2 Å². The molecule has 0 fully saturated rings. The molecule has 3 aromatic rings. The second kappa shape index (κ2) is 14.8. The van der Waals surface area contributed by atoms with Gasteiger partial charge in [0.2, 0.25) is 11.5 Å². The second-order valence-electron chi connectivity index (χ2n) is 8.86. The van der Waals surface area contributed by atoms with E-state index in [4.69, 9.17) is 28.4 Å². The zero-order valence-electron chi connectivity index (χ0n) is 23.5. The van der Waals surface area contributed by atoms with E-state index in [0.717, 1.165) is 42.4 Å². The summed E-state index contributed by atoms with van der Waals surface area (Å²) >= 11 is 0. The van der Waals surface area contributed by atoms with E-state index in [9.17, 15) is 0 Å². The van der Waals surface area contributed by atoms with Crippen LogP contribution in [-0.4, -0.2) is 41.7 Å². The van der Waals surface area contributed by atoms with Crippen molar-refractivity contribution in [2.24, 2.45) is 0 Å². The molecule has 0 saturated heterocycles. The molecule has 0 spiro atoms. The van der Waals surface area contributed by atoms with Gasteiger partial charge in [-0.2, -0.15) is 0 Å². The molecule has 0 heterocycles. The zero-order valence-corrected chi connectivity index (χ0v) is 23.5. The van der Waals surface area contributed by atoms with Crippen molar-refractivity contribution in [3.05, 3.63) is 70.8 Å². The highest BCUT2D eigenvalue weighted by Gasteiger charge is 2.15. The maximum absolute atomic E-state index is 5.86. The zero-order chi connectivity index (χ0) is 27.3. The van der Waals surface area contributed by atoms with E-state index < -0.39 is 0 Å². The molecule has 0 bridgehead atoms. The van der Waals surface area contributed by atoms with E-state index in [2.05, 4.69) is 44.2 Å². The smallest absolute Gasteiger partial charge is 0.203 e. The molecule has 0 saturated carbocycles. The number of methoxy groups -OCH3 is 4. The standard InChI is InChI=1S/C32H40O6/c1-7-17-37-31-27(33-3)19-25(20-28(31)34-4)15-13-23-9-11-24(12-10-23)14-16-26-21-29(35-5)32(38-18-8-2)30(22-26)36-6/h9-13,15,19-22H,7-8,14,16-18H2,1-6H3/b15-13+. The Kier molecular flexibility index (Phi) is 11.2. The Morgan fingerprint density at radius 1 is 0.526 bits per heavy atom. The molecule has 204 valence electrons. The van der Waals surface area contributed by atoms with Gasteiger partial charge in [-0.3, -0.25) is 0 Å². The molecule has 3 rings (SSSR count). The van der Waals surface area contributed by atoms with E-state index >= 15 is 0 Å². The summed E-state index contributed by atoms with van der Waals surface area (Å²) in [5.74, 6) is 4.02. The summed E-state index contributed by atoms with van der Waals surface area (Å²) in [5, 5.41) is 0. The van der Waals surface area contributed by atoms with Crippen molar-refractivity contribution in [2.45, 2.75) is 39.5 Å². The predicted molar refractivity (Wildman–Crippen MR) is 153 cm³/mol. The van der Waals surface area contributed by atoms with Crippen molar-refractivity contribution >= 4 is 12.2 Å². The van der Waals surface area contributed by atoms with E-state index in [0.29, 0.717) is 47.7 Å². The Labute approximate surface area is 227 Å². The van der Waals surface area contributed by atoms with E-state index in [1.165, 1.54) is 5.56 Å². The van der Waals surface area contributed by atoms with Gasteiger partial charge in [0.05, 0.1) is 41.7 Å². The molecule has 0 aliphatic heterocycles. The quantitative estimate of drug-likeness (QED) is 0.197. The van der Waals surface area contributed by atoms with Crippen molar-refractivity contribution in [2.75, 3.05) is 41.7 Å². The Hall–Kier alpha value is -3.80. The number of hydrogen-bond donors (Lipinski definition) is 0. The second-order valence-corrected chi connectivity index (χ2v) is 8.86. The highest BCUT2D eigenvalue weighted by Crippen LogP contribution is 2.40. The first-order chi connectivity index (χ1) is 18.6. The summed E-state index contributed by atoms with van der Waals surface area (Å²) in [4.78, 5) is 0. The fourth-order valence-corrected chi connectivity index (χ4v) is 4.04. The average molecular weight is 521 g/mol. The molecular formula is C32H40O6. The maximum Gasteiger partial charge on any atom is 0.203 e. The lowest BCUT2D eigenvalue weighted by molar-refractivity contribution is 0.274. The lowest BCUT2D eigenvalue weighted by atomic mass is 10.0. The van der Waals surface area contributed by atoms with E-state index in [-0.39, 0.29) is 0 Å². The number of hydrogen-bond acceptors (Lipinski definition) is 6. The molecule has 0 aliphatic rings. The molecule has 38 heavy (non-hydrogen) atoms.